The summed E-state index contributed by atoms with van der Waals surface area (Å²) in [5.74, 6) is -0.301. The number of benzene rings is 2. The molecule has 1 aliphatic heterocycles. The summed E-state index contributed by atoms with van der Waals surface area (Å²) in [7, 11) is 1.96. The molecule has 0 saturated heterocycles. The molecule has 1 atom stereocenters. The molecule has 0 fully saturated rings. The number of anilines is 1. The zero-order valence-electron chi connectivity index (χ0n) is 15.4. The topological polar surface area (TPSA) is 57.8 Å². The molecule has 0 aliphatic carbocycles. The van der Waals surface area contributed by atoms with Crippen molar-refractivity contribution in [2.24, 2.45) is 4.99 Å². The molecule has 1 unspecified atom stereocenters. The number of likely N-dealkylation sites (N-methyl/N-ethyl adjacent to an activating group) is 1. The number of aliphatic imine (C=N–C) groups is 1. The largest absolute Gasteiger partial charge is 0.459 e. The van der Waals surface area contributed by atoms with Gasteiger partial charge in [-0.3, -0.25) is 9.79 Å². The van der Waals surface area contributed by atoms with Crippen LogP contribution in [-0.2, 0) is 0 Å². The van der Waals surface area contributed by atoms with Gasteiger partial charge < -0.3 is 14.6 Å². The summed E-state index contributed by atoms with van der Waals surface area (Å²) in [6.45, 7) is 0.811. The molecule has 0 radical (unpaired) electrons. The van der Waals surface area contributed by atoms with Gasteiger partial charge in [0.15, 0.2) is 5.76 Å². The fourth-order valence-electron chi connectivity index (χ4n) is 3.37. The van der Waals surface area contributed by atoms with Crippen molar-refractivity contribution in [2.75, 3.05) is 25.0 Å². The minimum absolute atomic E-state index is 0.0793. The Bertz CT molecular complexity index is 1010. The third kappa shape index (κ3) is 3.41. The van der Waals surface area contributed by atoms with E-state index < -0.39 is 0 Å². The SMILES string of the molecule is CN1c2ccccc2C(c2ccccc2F)=NCC1CNC(=O)c1ccco1. The van der Waals surface area contributed by atoms with Crippen LogP contribution < -0.4 is 10.2 Å². The molecule has 1 amide bonds. The third-order valence-electron chi connectivity index (χ3n) is 4.92. The molecule has 1 N–H and O–H groups in total. The Morgan fingerprint density at radius 2 is 1.89 bits per heavy atom. The maximum Gasteiger partial charge on any atom is 0.287 e. The first-order valence-corrected chi connectivity index (χ1v) is 9.08. The molecular weight excluding hydrogens is 357 g/mol. The first kappa shape index (κ1) is 18.0. The van der Waals surface area contributed by atoms with Crippen molar-refractivity contribution >= 4 is 17.3 Å². The van der Waals surface area contributed by atoms with Crippen LogP contribution in [0.4, 0.5) is 10.1 Å². The average Bonchev–Trinajstić information content (AvgIpc) is 3.22. The van der Waals surface area contributed by atoms with Crippen molar-refractivity contribution in [3.63, 3.8) is 0 Å². The summed E-state index contributed by atoms with van der Waals surface area (Å²) >= 11 is 0. The van der Waals surface area contributed by atoms with Crippen LogP contribution >= 0.6 is 0 Å². The Balaban J connectivity index is 1.64. The van der Waals surface area contributed by atoms with Crippen LogP contribution in [0.15, 0.2) is 76.3 Å². The fourth-order valence-corrected chi connectivity index (χ4v) is 3.37. The van der Waals surface area contributed by atoms with Crippen LogP contribution in [-0.4, -0.2) is 37.8 Å². The number of para-hydroxylation sites is 1. The van der Waals surface area contributed by atoms with Crippen LogP contribution in [0.5, 0.6) is 0 Å². The highest BCUT2D eigenvalue weighted by Gasteiger charge is 2.25. The van der Waals surface area contributed by atoms with E-state index in [0.717, 1.165) is 11.3 Å². The Hall–Kier alpha value is -3.41. The Morgan fingerprint density at radius 1 is 1.14 bits per heavy atom. The van der Waals surface area contributed by atoms with E-state index >= 15 is 0 Å². The van der Waals surface area contributed by atoms with E-state index in [4.69, 9.17) is 9.41 Å². The highest BCUT2D eigenvalue weighted by molar-refractivity contribution is 6.16. The van der Waals surface area contributed by atoms with Crippen LogP contribution in [0.2, 0.25) is 0 Å². The monoisotopic (exact) mass is 377 g/mol. The van der Waals surface area contributed by atoms with Crippen LogP contribution in [0.3, 0.4) is 0 Å². The number of carbonyl (C=O) groups excluding carboxylic acids is 1. The molecule has 2 aromatic carbocycles. The number of benzodiazepines with no additional fused rings is 1. The third-order valence-corrected chi connectivity index (χ3v) is 4.92. The van der Waals surface area contributed by atoms with Gasteiger partial charge in [0.2, 0.25) is 0 Å². The predicted molar refractivity (Wildman–Crippen MR) is 107 cm³/mol. The number of amides is 1. The van der Waals surface area contributed by atoms with Crippen LogP contribution in [0.1, 0.15) is 21.7 Å². The van der Waals surface area contributed by atoms with Crippen LogP contribution in [0, 0.1) is 5.82 Å². The molecule has 4 rings (SSSR count). The standard InChI is InChI=1S/C22H20FN3O2/c1-26-15(14-25-22(27)20-11-6-12-28-20)13-24-21(16-7-2-4-9-18(16)23)17-8-3-5-10-19(17)26/h2-12,15H,13-14H2,1H3,(H,25,27). The van der Waals surface area contributed by atoms with Gasteiger partial charge in [-0.25, -0.2) is 4.39 Å². The summed E-state index contributed by atoms with van der Waals surface area (Å²) in [5, 5.41) is 2.89. The lowest BCUT2D eigenvalue weighted by molar-refractivity contribution is 0.0923. The van der Waals surface area contributed by atoms with Gasteiger partial charge in [-0.15, -0.1) is 0 Å². The van der Waals surface area contributed by atoms with E-state index in [9.17, 15) is 9.18 Å². The van der Waals surface area contributed by atoms with Crippen LogP contribution in [0.25, 0.3) is 0 Å². The highest BCUT2D eigenvalue weighted by atomic mass is 19.1. The second-order valence-corrected chi connectivity index (χ2v) is 6.64. The lowest BCUT2D eigenvalue weighted by Crippen LogP contribution is -2.43. The second-order valence-electron chi connectivity index (χ2n) is 6.64. The highest BCUT2D eigenvalue weighted by Crippen LogP contribution is 2.28. The van der Waals surface area contributed by atoms with Gasteiger partial charge in [0.1, 0.15) is 5.82 Å². The van der Waals surface area contributed by atoms with E-state index in [0.29, 0.717) is 24.4 Å². The molecule has 3 aromatic rings. The van der Waals surface area contributed by atoms with Crippen molar-refractivity contribution in [2.45, 2.75) is 6.04 Å². The first-order valence-electron chi connectivity index (χ1n) is 9.08. The minimum atomic E-state index is -0.303. The normalized spacial score (nSPS) is 16.1. The molecule has 2 heterocycles. The summed E-state index contributed by atoms with van der Waals surface area (Å²) in [6.07, 6.45) is 1.47. The smallest absolute Gasteiger partial charge is 0.287 e. The maximum absolute atomic E-state index is 14.4. The number of rotatable bonds is 4. The van der Waals surface area contributed by atoms with Gasteiger partial charge >= 0.3 is 0 Å². The Kier molecular flexibility index (Phi) is 4.93. The number of fused-ring (bicyclic) bond motifs is 1. The van der Waals surface area contributed by atoms with Gasteiger partial charge in [0.25, 0.3) is 5.91 Å². The van der Waals surface area contributed by atoms with E-state index in [-0.39, 0.29) is 23.5 Å². The van der Waals surface area contributed by atoms with Crippen molar-refractivity contribution in [1.29, 1.82) is 0 Å². The van der Waals surface area contributed by atoms with E-state index in [2.05, 4.69) is 10.2 Å². The van der Waals surface area contributed by atoms with Gasteiger partial charge in [-0.2, -0.15) is 0 Å². The molecule has 142 valence electrons. The van der Waals surface area contributed by atoms with Crippen molar-refractivity contribution in [3.05, 3.63) is 89.6 Å². The molecular formula is C22H20FN3O2. The summed E-state index contributed by atoms with van der Waals surface area (Å²) in [6, 6.07) is 17.7. The summed E-state index contributed by atoms with van der Waals surface area (Å²) < 4.78 is 19.6. The zero-order chi connectivity index (χ0) is 19.5. The molecule has 5 nitrogen and oxygen atoms in total. The fraction of sp³-hybridized carbons (Fsp3) is 0.182. The van der Waals surface area contributed by atoms with Gasteiger partial charge in [0, 0.05) is 30.4 Å². The average molecular weight is 377 g/mol. The quantitative estimate of drug-likeness (QED) is 0.757. The zero-order valence-corrected chi connectivity index (χ0v) is 15.4. The molecule has 1 aliphatic rings. The lowest BCUT2D eigenvalue weighted by Gasteiger charge is -2.28. The Morgan fingerprint density at radius 3 is 2.64 bits per heavy atom. The lowest BCUT2D eigenvalue weighted by atomic mass is 10.00. The predicted octanol–water partition coefficient (Wildman–Crippen LogP) is 3.50. The number of hydrogen-bond acceptors (Lipinski definition) is 4. The molecule has 6 heteroatoms. The molecule has 0 saturated carbocycles. The maximum atomic E-state index is 14.4. The number of furan rings is 1. The van der Waals surface area contributed by atoms with E-state index in [1.54, 1.807) is 30.3 Å². The number of halogens is 1. The number of nitrogens with one attached hydrogen (secondary N) is 1. The van der Waals surface area contributed by atoms with E-state index in [1.165, 1.54) is 12.3 Å². The molecule has 0 spiro atoms. The second kappa shape index (κ2) is 7.68. The number of carbonyl (C=O) groups is 1. The number of hydrogen-bond donors (Lipinski definition) is 1. The molecule has 0 bridgehead atoms. The van der Waals surface area contributed by atoms with Gasteiger partial charge in [0.05, 0.1) is 24.6 Å². The minimum Gasteiger partial charge on any atom is -0.459 e. The van der Waals surface area contributed by atoms with E-state index in [1.807, 2.05) is 31.3 Å². The first-order chi connectivity index (χ1) is 13.6. The summed E-state index contributed by atoms with van der Waals surface area (Å²) in [5.41, 5.74) is 2.92. The van der Waals surface area contributed by atoms with Gasteiger partial charge in [-0.1, -0.05) is 30.3 Å². The van der Waals surface area contributed by atoms with Crippen molar-refractivity contribution in [3.8, 4) is 0 Å². The van der Waals surface area contributed by atoms with Gasteiger partial charge in [-0.05, 0) is 30.3 Å². The molecule has 28 heavy (non-hydrogen) atoms. The Labute approximate surface area is 162 Å². The van der Waals surface area contributed by atoms with Crippen molar-refractivity contribution in [1.82, 2.24) is 5.32 Å². The van der Waals surface area contributed by atoms with Crippen molar-refractivity contribution < 1.29 is 13.6 Å². The molecule has 1 aromatic heterocycles. The number of nitrogens with zero attached hydrogens (tertiary/aromatic N) is 2. The summed E-state index contributed by atoms with van der Waals surface area (Å²) in [4.78, 5) is 19.0.